The molecule has 3 nitrogen and oxygen atoms in total. The number of hydrogen-bond donors (Lipinski definition) is 1. The minimum atomic E-state index is 0.790. The first kappa shape index (κ1) is 14.1. The third kappa shape index (κ3) is 3.08. The van der Waals surface area contributed by atoms with Crippen molar-refractivity contribution in [1.82, 2.24) is 0 Å². The molecule has 1 heterocycles. The molecule has 4 heteroatoms. The molecular weight excluding hydrogens is 282 g/mol. The molecule has 0 unspecified atom stereocenters. The van der Waals surface area contributed by atoms with E-state index in [2.05, 4.69) is 34.9 Å². The van der Waals surface area contributed by atoms with Gasteiger partial charge in [0.25, 0.3) is 0 Å². The molecule has 2 aromatic carbocycles. The van der Waals surface area contributed by atoms with Crippen molar-refractivity contribution in [2.24, 2.45) is 0 Å². The van der Waals surface area contributed by atoms with Crippen molar-refractivity contribution in [2.45, 2.75) is 6.92 Å². The second-order valence-electron chi connectivity index (χ2n) is 5.52. The Balaban J connectivity index is 1.72. The van der Waals surface area contributed by atoms with E-state index in [0.29, 0.717) is 0 Å². The van der Waals surface area contributed by atoms with Crippen LogP contribution in [-0.2, 0) is 0 Å². The summed E-state index contributed by atoms with van der Waals surface area (Å²) in [7, 11) is 0. The number of nitrogen functional groups attached to an aromatic ring is 1. The van der Waals surface area contributed by atoms with Gasteiger partial charge in [-0.2, -0.15) is 0 Å². The van der Waals surface area contributed by atoms with E-state index < -0.39 is 0 Å². The summed E-state index contributed by atoms with van der Waals surface area (Å²) in [6, 6.07) is 14.3. The van der Waals surface area contributed by atoms with Gasteiger partial charge in [0.15, 0.2) is 0 Å². The van der Waals surface area contributed by atoms with Gasteiger partial charge in [0, 0.05) is 36.9 Å². The molecule has 0 aliphatic carbocycles. The summed E-state index contributed by atoms with van der Waals surface area (Å²) in [5, 5.41) is 0.790. The highest BCUT2D eigenvalue weighted by atomic mass is 35.5. The Morgan fingerprint density at radius 1 is 0.952 bits per heavy atom. The minimum absolute atomic E-state index is 0.790. The van der Waals surface area contributed by atoms with E-state index >= 15 is 0 Å². The highest BCUT2D eigenvalue weighted by Gasteiger charge is 2.19. The molecule has 2 N–H and O–H groups in total. The second kappa shape index (κ2) is 5.86. The van der Waals surface area contributed by atoms with Gasteiger partial charge in [-0.3, -0.25) is 0 Å². The lowest BCUT2D eigenvalue weighted by Gasteiger charge is -2.38. The zero-order chi connectivity index (χ0) is 14.8. The van der Waals surface area contributed by atoms with Crippen LogP contribution in [0.2, 0.25) is 5.02 Å². The molecule has 0 radical (unpaired) electrons. The van der Waals surface area contributed by atoms with E-state index in [-0.39, 0.29) is 0 Å². The molecule has 1 fully saturated rings. The van der Waals surface area contributed by atoms with Crippen molar-refractivity contribution in [3.8, 4) is 0 Å². The lowest BCUT2D eigenvalue weighted by molar-refractivity contribution is 0.654. The minimum Gasteiger partial charge on any atom is -0.397 e. The first-order chi connectivity index (χ1) is 10.1. The molecule has 0 saturated carbocycles. The maximum atomic E-state index is 6.11. The smallest absolute Gasteiger partial charge is 0.0603 e. The van der Waals surface area contributed by atoms with E-state index in [1.54, 1.807) is 0 Å². The van der Waals surface area contributed by atoms with Crippen LogP contribution in [0.4, 0.5) is 17.1 Å². The van der Waals surface area contributed by atoms with Crippen molar-refractivity contribution < 1.29 is 0 Å². The zero-order valence-electron chi connectivity index (χ0n) is 12.2. The fourth-order valence-corrected chi connectivity index (χ4v) is 2.99. The molecule has 110 valence electrons. The first-order valence-electron chi connectivity index (χ1n) is 7.25. The molecule has 0 spiro atoms. The molecule has 2 aromatic rings. The second-order valence-corrected chi connectivity index (χ2v) is 5.95. The van der Waals surface area contributed by atoms with Gasteiger partial charge in [-0.25, -0.2) is 0 Å². The van der Waals surface area contributed by atoms with E-state index in [4.69, 9.17) is 17.3 Å². The maximum absolute atomic E-state index is 6.11. The van der Waals surface area contributed by atoms with E-state index in [9.17, 15) is 0 Å². The lowest BCUT2D eigenvalue weighted by atomic mass is 10.1. The number of hydrogen-bond acceptors (Lipinski definition) is 3. The number of aryl methyl sites for hydroxylation is 1. The van der Waals surface area contributed by atoms with Gasteiger partial charge >= 0.3 is 0 Å². The third-order valence-electron chi connectivity index (χ3n) is 3.98. The van der Waals surface area contributed by atoms with Gasteiger partial charge in [0.05, 0.1) is 11.4 Å². The molecule has 0 atom stereocenters. The molecule has 1 aliphatic rings. The molecular formula is C17H20ClN3. The van der Waals surface area contributed by atoms with Gasteiger partial charge in [0.1, 0.15) is 0 Å². The van der Waals surface area contributed by atoms with Gasteiger partial charge in [-0.15, -0.1) is 0 Å². The Labute approximate surface area is 130 Å². The van der Waals surface area contributed by atoms with Crippen molar-refractivity contribution in [3.63, 3.8) is 0 Å². The zero-order valence-corrected chi connectivity index (χ0v) is 13.0. The van der Waals surface area contributed by atoms with Crippen LogP contribution in [0.1, 0.15) is 5.56 Å². The Morgan fingerprint density at radius 2 is 1.67 bits per heavy atom. The number of nitrogens with two attached hydrogens (primary N) is 1. The topological polar surface area (TPSA) is 32.5 Å². The van der Waals surface area contributed by atoms with Crippen LogP contribution in [-0.4, -0.2) is 26.2 Å². The summed E-state index contributed by atoms with van der Waals surface area (Å²) >= 11 is 6.07. The SMILES string of the molecule is Cc1ccc(N)c(N2CCN(c3cccc(Cl)c3)CC2)c1. The summed E-state index contributed by atoms with van der Waals surface area (Å²) in [5.41, 5.74) is 10.6. The van der Waals surface area contributed by atoms with Crippen LogP contribution in [0.25, 0.3) is 0 Å². The summed E-state index contributed by atoms with van der Waals surface area (Å²) in [5.74, 6) is 0. The van der Waals surface area contributed by atoms with Crippen molar-refractivity contribution in [3.05, 3.63) is 53.1 Å². The Bertz CT molecular complexity index is 634. The summed E-state index contributed by atoms with van der Waals surface area (Å²) < 4.78 is 0. The van der Waals surface area contributed by atoms with Gasteiger partial charge in [0.2, 0.25) is 0 Å². The normalized spacial score (nSPS) is 15.3. The highest BCUT2D eigenvalue weighted by Crippen LogP contribution is 2.27. The predicted octanol–water partition coefficient (Wildman–Crippen LogP) is 3.56. The van der Waals surface area contributed by atoms with Crippen LogP contribution in [0.5, 0.6) is 0 Å². The number of piperazine rings is 1. The maximum Gasteiger partial charge on any atom is 0.0603 e. The van der Waals surface area contributed by atoms with Crippen molar-refractivity contribution in [1.29, 1.82) is 0 Å². The molecule has 0 amide bonds. The van der Waals surface area contributed by atoms with Crippen molar-refractivity contribution >= 4 is 28.7 Å². The van der Waals surface area contributed by atoms with Gasteiger partial charge in [-0.05, 0) is 42.8 Å². The average Bonchev–Trinajstić information content (AvgIpc) is 2.50. The quantitative estimate of drug-likeness (QED) is 0.861. The number of benzene rings is 2. The monoisotopic (exact) mass is 301 g/mol. The van der Waals surface area contributed by atoms with E-state index in [1.807, 2.05) is 24.3 Å². The Morgan fingerprint density at radius 3 is 2.38 bits per heavy atom. The molecule has 0 bridgehead atoms. The number of nitrogens with zero attached hydrogens (tertiary/aromatic N) is 2. The summed E-state index contributed by atoms with van der Waals surface area (Å²) in [6.45, 7) is 6.01. The largest absolute Gasteiger partial charge is 0.397 e. The Hall–Kier alpha value is -1.87. The van der Waals surface area contributed by atoms with Crippen LogP contribution in [0.3, 0.4) is 0 Å². The van der Waals surface area contributed by atoms with Gasteiger partial charge in [-0.1, -0.05) is 23.7 Å². The van der Waals surface area contributed by atoms with E-state index in [1.165, 1.54) is 11.3 Å². The standard InChI is InChI=1S/C17H20ClN3/c1-13-5-6-16(19)17(11-13)21-9-7-20(8-10-21)15-4-2-3-14(18)12-15/h2-6,11-12H,7-10,19H2,1H3. The van der Waals surface area contributed by atoms with Gasteiger partial charge < -0.3 is 15.5 Å². The molecule has 21 heavy (non-hydrogen) atoms. The fraction of sp³-hybridized carbons (Fsp3) is 0.294. The molecule has 0 aromatic heterocycles. The predicted molar refractivity (Wildman–Crippen MR) is 91.5 cm³/mol. The van der Waals surface area contributed by atoms with Crippen LogP contribution >= 0.6 is 11.6 Å². The molecule has 3 rings (SSSR count). The summed E-state index contributed by atoms with van der Waals surface area (Å²) in [4.78, 5) is 4.73. The number of anilines is 3. The number of halogens is 1. The first-order valence-corrected chi connectivity index (χ1v) is 7.63. The van der Waals surface area contributed by atoms with Crippen LogP contribution in [0, 0.1) is 6.92 Å². The van der Waals surface area contributed by atoms with E-state index in [0.717, 1.165) is 42.6 Å². The molecule has 1 saturated heterocycles. The fourth-order valence-electron chi connectivity index (χ4n) is 2.81. The van der Waals surface area contributed by atoms with Crippen LogP contribution < -0.4 is 15.5 Å². The molecule has 1 aliphatic heterocycles. The average molecular weight is 302 g/mol. The third-order valence-corrected chi connectivity index (χ3v) is 4.21. The number of rotatable bonds is 2. The Kier molecular flexibility index (Phi) is 3.93. The highest BCUT2D eigenvalue weighted by molar-refractivity contribution is 6.30. The summed E-state index contributed by atoms with van der Waals surface area (Å²) in [6.07, 6.45) is 0. The lowest BCUT2D eigenvalue weighted by Crippen LogP contribution is -2.46. The van der Waals surface area contributed by atoms with Crippen molar-refractivity contribution in [2.75, 3.05) is 41.7 Å². The van der Waals surface area contributed by atoms with Crippen LogP contribution in [0.15, 0.2) is 42.5 Å².